The zero-order chi connectivity index (χ0) is 8.69. The van der Waals surface area contributed by atoms with Crippen molar-refractivity contribution in [2.24, 2.45) is 11.8 Å². The Bertz CT molecular complexity index is 116. The van der Waals surface area contributed by atoms with Crippen molar-refractivity contribution in [3.05, 3.63) is 24.7 Å². The molecule has 0 N–H and O–H groups in total. The van der Waals surface area contributed by atoms with Crippen LogP contribution < -0.4 is 0 Å². The van der Waals surface area contributed by atoms with E-state index in [1.807, 2.05) is 12.2 Å². The maximum absolute atomic E-state index is 5.09. The summed E-state index contributed by atoms with van der Waals surface area (Å²) in [4.78, 5) is 0. The highest BCUT2D eigenvalue weighted by Gasteiger charge is 1.83. The second-order valence-electron chi connectivity index (χ2n) is 3.28. The van der Waals surface area contributed by atoms with Crippen LogP contribution in [0.4, 0.5) is 0 Å². The highest BCUT2D eigenvalue weighted by molar-refractivity contribution is 4.83. The van der Waals surface area contributed by atoms with Gasteiger partial charge in [-0.25, -0.2) is 0 Å². The summed E-state index contributed by atoms with van der Waals surface area (Å²) < 4.78 is 5.09. The summed E-state index contributed by atoms with van der Waals surface area (Å²) in [6, 6.07) is 0. The van der Waals surface area contributed by atoms with E-state index in [0.717, 1.165) is 0 Å². The molecule has 0 aliphatic carbocycles. The number of hydrogen-bond donors (Lipinski definition) is 0. The van der Waals surface area contributed by atoms with E-state index in [4.69, 9.17) is 4.74 Å². The van der Waals surface area contributed by atoms with Crippen molar-refractivity contribution in [2.75, 3.05) is 0 Å². The largest absolute Gasteiger partial charge is 0.473 e. The fourth-order valence-electron chi connectivity index (χ4n) is 0.450. The normalized spacial score (nSPS) is 12.5. The molecule has 0 heterocycles. The van der Waals surface area contributed by atoms with Crippen molar-refractivity contribution in [3.63, 3.8) is 0 Å². The van der Waals surface area contributed by atoms with Gasteiger partial charge >= 0.3 is 0 Å². The molecule has 1 heteroatoms. The Morgan fingerprint density at radius 2 is 1.18 bits per heavy atom. The van der Waals surface area contributed by atoms with Crippen LogP contribution in [-0.2, 0) is 4.74 Å². The Kier molecular flexibility index (Phi) is 5.63. The minimum Gasteiger partial charge on any atom is -0.473 e. The zero-order valence-electron chi connectivity index (χ0n) is 7.87. The average molecular weight is 154 g/mol. The lowest BCUT2D eigenvalue weighted by Gasteiger charge is -1.95. The van der Waals surface area contributed by atoms with Gasteiger partial charge in [0.1, 0.15) is 0 Å². The minimum atomic E-state index is 0.558. The first-order chi connectivity index (χ1) is 5.13. The second-order valence-corrected chi connectivity index (χ2v) is 3.28. The van der Waals surface area contributed by atoms with Crippen LogP contribution in [0.1, 0.15) is 27.7 Å². The first-order valence-corrected chi connectivity index (χ1v) is 4.11. The van der Waals surface area contributed by atoms with Gasteiger partial charge in [-0.15, -0.1) is 0 Å². The van der Waals surface area contributed by atoms with E-state index in [-0.39, 0.29) is 0 Å². The molecule has 0 rings (SSSR count). The Morgan fingerprint density at radius 3 is 1.45 bits per heavy atom. The molecule has 0 aromatic rings. The SMILES string of the molecule is CC(C)/C=C/O/C=C/C(C)C. The molecule has 0 aromatic carbocycles. The van der Waals surface area contributed by atoms with Crippen LogP contribution in [-0.4, -0.2) is 0 Å². The van der Waals surface area contributed by atoms with Crippen LogP contribution in [0, 0.1) is 11.8 Å². The topological polar surface area (TPSA) is 9.23 Å². The highest BCUT2D eigenvalue weighted by Crippen LogP contribution is 1.96. The van der Waals surface area contributed by atoms with Gasteiger partial charge in [-0.3, -0.25) is 0 Å². The van der Waals surface area contributed by atoms with E-state index in [1.54, 1.807) is 12.5 Å². The molecule has 0 saturated carbocycles. The summed E-state index contributed by atoms with van der Waals surface area (Å²) in [5.41, 5.74) is 0. The minimum absolute atomic E-state index is 0.558. The highest BCUT2D eigenvalue weighted by atomic mass is 16.5. The fourth-order valence-corrected chi connectivity index (χ4v) is 0.450. The smallest absolute Gasteiger partial charge is 0.0863 e. The van der Waals surface area contributed by atoms with E-state index in [9.17, 15) is 0 Å². The molecule has 0 radical (unpaired) electrons. The monoisotopic (exact) mass is 154 g/mol. The van der Waals surface area contributed by atoms with Gasteiger partial charge in [0.2, 0.25) is 0 Å². The van der Waals surface area contributed by atoms with Gasteiger partial charge in [-0.05, 0) is 24.0 Å². The summed E-state index contributed by atoms with van der Waals surface area (Å²) in [5.74, 6) is 1.12. The standard InChI is InChI=1S/C10H18O/c1-9(2)5-7-11-8-6-10(3)4/h5-10H,1-4H3/b7-5+,8-6+. The van der Waals surface area contributed by atoms with Gasteiger partial charge in [0, 0.05) is 0 Å². The van der Waals surface area contributed by atoms with Gasteiger partial charge in [0.25, 0.3) is 0 Å². The van der Waals surface area contributed by atoms with E-state index in [1.165, 1.54) is 0 Å². The molecule has 0 unspecified atom stereocenters. The molecular formula is C10H18O. The lowest BCUT2D eigenvalue weighted by molar-refractivity contribution is 0.394. The van der Waals surface area contributed by atoms with Crippen LogP contribution in [0.3, 0.4) is 0 Å². The Hall–Kier alpha value is -0.720. The third-order valence-electron chi connectivity index (χ3n) is 1.08. The van der Waals surface area contributed by atoms with Gasteiger partial charge < -0.3 is 4.74 Å². The van der Waals surface area contributed by atoms with Crippen molar-refractivity contribution in [2.45, 2.75) is 27.7 Å². The predicted molar refractivity (Wildman–Crippen MR) is 49.0 cm³/mol. The van der Waals surface area contributed by atoms with Crippen molar-refractivity contribution in [3.8, 4) is 0 Å². The Morgan fingerprint density at radius 1 is 0.818 bits per heavy atom. The lowest BCUT2D eigenvalue weighted by Crippen LogP contribution is -1.79. The third-order valence-corrected chi connectivity index (χ3v) is 1.08. The molecule has 0 saturated heterocycles. The first kappa shape index (κ1) is 10.3. The summed E-state index contributed by atoms with van der Waals surface area (Å²) in [7, 11) is 0. The zero-order valence-corrected chi connectivity index (χ0v) is 7.87. The van der Waals surface area contributed by atoms with Gasteiger partial charge in [0.15, 0.2) is 0 Å². The molecule has 0 atom stereocenters. The predicted octanol–water partition coefficient (Wildman–Crippen LogP) is 3.34. The molecule has 0 bridgehead atoms. The third kappa shape index (κ3) is 9.28. The quantitative estimate of drug-likeness (QED) is 0.564. The molecule has 64 valence electrons. The molecule has 11 heavy (non-hydrogen) atoms. The van der Waals surface area contributed by atoms with Crippen LogP contribution in [0.5, 0.6) is 0 Å². The van der Waals surface area contributed by atoms with E-state index < -0.39 is 0 Å². The number of hydrogen-bond acceptors (Lipinski definition) is 1. The maximum atomic E-state index is 5.09. The van der Waals surface area contributed by atoms with Crippen molar-refractivity contribution in [1.82, 2.24) is 0 Å². The van der Waals surface area contributed by atoms with Crippen LogP contribution in [0.2, 0.25) is 0 Å². The second kappa shape index (κ2) is 6.02. The fraction of sp³-hybridized carbons (Fsp3) is 0.600. The van der Waals surface area contributed by atoms with Crippen LogP contribution in [0.15, 0.2) is 24.7 Å². The van der Waals surface area contributed by atoms with Gasteiger partial charge in [0.05, 0.1) is 12.5 Å². The average Bonchev–Trinajstić information content (AvgIpc) is 1.85. The summed E-state index contributed by atoms with van der Waals surface area (Å²) in [6.07, 6.45) is 7.49. The molecule has 0 fully saturated rings. The first-order valence-electron chi connectivity index (χ1n) is 4.11. The molecule has 0 amide bonds. The summed E-state index contributed by atoms with van der Waals surface area (Å²) in [5, 5.41) is 0. The lowest BCUT2D eigenvalue weighted by atomic mass is 10.2. The molecule has 0 aliphatic rings. The number of rotatable bonds is 4. The maximum Gasteiger partial charge on any atom is 0.0863 e. The molecule has 1 nitrogen and oxygen atoms in total. The molecular weight excluding hydrogens is 136 g/mol. The van der Waals surface area contributed by atoms with E-state index >= 15 is 0 Å². The van der Waals surface area contributed by atoms with Crippen LogP contribution in [0.25, 0.3) is 0 Å². The van der Waals surface area contributed by atoms with Crippen molar-refractivity contribution >= 4 is 0 Å². The molecule has 0 spiro atoms. The number of ether oxygens (including phenoxy) is 1. The van der Waals surface area contributed by atoms with E-state index in [0.29, 0.717) is 11.8 Å². The van der Waals surface area contributed by atoms with Crippen molar-refractivity contribution in [1.29, 1.82) is 0 Å². The van der Waals surface area contributed by atoms with Gasteiger partial charge in [-0.2, -0.15) is 0 Å². The van der Waals surface area contributed by atoms with Gasteiger partial charge in [-0.1, -0.05) is 27.7 Å². The Balaban J connectivity index is 3.41. The van der Waals surface area contributed by atoms with Crippen molar-refractivity contribution < 1.29 is 4.74 Å². The Labute approximate surface area is 69.8 Å². The van der Waals surface area contributed by atoms with E-state index in [2.05, 4.69) is 27.7 Å². The summed E-state index contributed by atoms with van der Waals surface area (Å²) >= 11 is 0. The number of allylic oxidation sites excluding steroid dienone is 2. The molecule has 0 aromatic heterocycles. The summed E-state index contributed by atoms with van der Waals surface area (Å²) in [6.45, 7) is 8.47. The molecule has 0 aliphatic heterocycles. The van der Waals surface area contributed by atoms with Crippen LogP contribution >= 0.6 is 0 Å².